The maximum atomic E-state index is 12.8. The quantitative estimate of drug-likeness (QED) is 0.537. The number of carbonyl (C=O) groups is 2. The van der Waals surface area contributed by atoms with Crippen LogP contribution in [0.3, 0.4) is 0 Å². The largest absolute Gasteiger partial charge is 0.480 e. The summed E-state index contributed by atoms with van der Waals surface area (Å²) in [7, 11) is 0. The number of carbonyl (C=O) groups excluding carboxylic acids is 1. The molecule has 3 aromatic carbocycles. The molecule has 30 heavy (non-hydrogen) atoms. The Morgan fingerprint density at radius 3 is 2.07 bits per heavy atom. The van der Waals surface area contributed by atoms with Crippen LogP contribution in [0.5, 0.6) is 0 Å². The van der Waals surface area contributed by atoms with Crippen LogP contribution in [0.15, 0.2) is 77.3 Å². The highest BCUT2D eigenvalue weighted by molar-refractivity contribution is 9.10. The molecule has 1 amide bonds. The van der Waals surface area contributed by atoms with Gasteiger partial charge in [-0.1, -0.05) is 82.7 Å². The van der Waals surface area contributed by atoms with Gasteiger partial charge in [0.1, 0.15) is 13.2 Å². The van der Waals surface area contributed by atoms with E-state index in [1.54, 1.807) is 0 Å². The highest BCUT2D eigenvalue weighted by Crippen LogP contribution is 2.44. The Hall–Kier alpha value is -3.12. The van der Waals surface area contributed by atoms with Gasteiger partial charge in [0, 0.05) is 10.4 Å². The second kappa shape index (κ2) is 8.71. The highest BCUT2D eigenvalue weighted by atomic mass is 79.9. The van der Waals surface area contributed by atoms with Gasteiger partial charge in [-0.3, -0.25) is 9.69 Å². The summed E-state index contributed by atoms with van der Waals surface area (Å²) in [6.45, 7) is -0.138. The van der Waals surface area contributed by atoms with Crippen LogP contribution in [-0.2, 0) is 16.1 Å². The fourth-order valence-electron chi connectivity index (χ4n) is 3.87. The molecule has 1 aliphatic rings. The number of carboxylic acids is 1. The topological polar surface area (TPSA) is 66.8 Å². The van der Waals surface area contributed by atoms with Crippen molar-refractivity contribution in [1.82, 2.24) is 4.90 Å². The molecule has 5 nitrogen and oxygen atoms in total. The smallest absolute Gasteiger partial charge is 0.410 e. The summed E-state index contributed by atoms with van der Waals surface area (Å²) in [5.41, 5.74) is 5.32. The minimum absolute atomic E-state index is 0.0727. The van der Waals surface area contributed by atoms with Crippen molar-refractivity contribution < 1.29 is 19.4 Å². The molecule has 0 unspecified atom stereocenters. The van der Waals surface area contributed by atoms with E-state index in [0.29, 0.717) is 0 Å². The third-order valence-corrected chi connectivity index (χ3v) is 6.01. The summed E-state index contributed by atoms with van der Waals surface area (Å²) in [6, 6.07) is 23.6. The molecular formula is C24H20BrNO4. The van der Waals surface area contributed by atoms with Crippen molar-refractivity contribution in [3.63, 3.8) is 0 Å². The molecule has 1 aliphatic carbocycles. The number of hydrogen-bond acceptors (Lipinski definition) is 3. The Balaban J connectivity index is 1.52. The predicted octanol–water partition coefficient (Wildman–Crippen LogP) is 5.28. The second-order valence-corrected chi connectivity index (χ2v) is 8.00. The van der Waals surface area contributed by atoms with E-state index in [4.69, 9.17) is 4.74 Å². The first kappa shape index (κ1) is 20.2. The van der Waals surface area contributed by atoms with Gasteiger partial charge in [-0.05, 0) is 33.9 Å². The van der Waals surface area contributed by atoms with E-state index < -0.39 is 18.6 Å². The molecule has 0 atom stereocenters. The van der Waals surface area contributed by atoms with Crippen LogP contribution in [-0.4, -0.2) is 35.2 Å². The van der Waals surface area contributed by atoms with Crippen molar-refractivity contribution in [2.24, 2.45) is 0 Å². The Morgan fingerprint density at radius 1 is 0.900 bits per heavy atom. The van der Waals surface area contributed by atoms with Crippen LogP contribution in [0, 0.1) is 0 Å². The molecule has 152 valence electrons. The van der Waals surface area contributed by atoms with Gasteiger partial charge in [-0.2, -0.15) is 0 Å². The van der Waals surface area contributed by atoms with Crippen molar-refractivity contribution >= 4 is 28.0 Å². The van der Waals surface area contributed by atoms with Crippen LogP contribution in [0.25, 0.3) is 11.1 Å². The molecule has 0 saturated heterocycles. The normalized spacial score (nSPS) is 12.2. The summed E-state index contributed by atoms with van der Waals surface area (Å²) in [4.78, 5) is 25.3. The van der Waals surface area contributed by atoms with Gasteiger partial charge in [-0.25, -0.2) is 4.79 Å². The maximum Gasteiger partial charge on any atom is 0.410 e. The Morgan fingerprint density at radius 2 is 1.47 bits per heavy atom. The van der Waals surface area contributed by atoms with E-state index in [-0.39, 0.29) is 19.1 Å². The first-order valence-corrected chi connectivity index (χ1v) is 10.4. The lowest BCUT2D eigenvalue weighted by Gasteiger charge is -2.22. The van der Waals surface area contributed by atoms with Gasteiger partial charge in [0.25, 0.3) is 0 Å². The van der Waals surface area contributed by atoms with Crippen molar-refractivity contribution in [3.8, 4) is 11.1 Å². The van der Waals surface area contributed by atoms with Crippen molar-refractivity contribution in [3.05, 3.63) is 94.0 Å². The number of ether oxygens (including phenoxy) is 1. The lowest BCUT2D eigenvalue weighted by molar-refractivity contribution is -0.138. The van der Waals surface area contributed by atoms with Gasteiger partial charge in [0.2, 0.25) is 0 Å². The van der Waals surface area contributed by atoms with Gasteiger partial charge in [0.05, 0.1) is 6.54 Å². The number of halogens is 1. The zero-order valence-electron chi connectivity index (χ0n) is 16.1. The molecule has 0 spiro atoms. The third kappa shape index (κ3) is 4.09. The number of aliphatic carboxylic acids is 1. The SMILES string of the molecule is O=C(O)CN(Cc1ccccc1Br)C(=O)OCC1c2ccccc2-c2ccccc21. The van der Waals surface area contributed by atoms with Crippen molar-refractivity contribution in [1.29, 1.82) is 0 Å². The minimum atomic E-state index is -1.09. The van der Waals surface area contributed by atoms with Crippen LogP contribution in [0.4, 0.5) is 4.79 Å². The van der Waals surface area contributed by atoms with E-state index in [9.17, 15) is 14.7 Å². The molecule has 3 aromatic rings. The Bertz CT molecular complexity index is 1050. The average molecular weight is 466 g/mol. The van der Waals surface area contributed by atoms with E-state index >= 15 is 0 Å². The lowest BCUT2D eigenvalue weighted by atomic mass is 9.98. The molecule has 6 heteroatoms. The zero-order chi connectivity index (χ0) is 21.1. The lowest BCUT2D eigenvalue weighted by Crippen LogP contribution is -2.36. The maximum absolute atomic E-state index is 12.8. The first-order valence-electron chi connectivity index (χ1n) is 9.59. The highest BCUT2D eigenvalue weighted by Gasteiger charge is 2.30. The first-order chi connectivity index (χ1) is 14.5. The molecule has 4 rings (SSSR count). The summed E-state index contributed by atoms with van der Waals surface area (Å²) < 4.78 is 6.44. The van der Waals surface area contributed by atoms with Crippen molar-refractivity contribution in [2.45, 2.75) is 12.5 Å². The number of nitrogens with zero attached hydrogens (tertiary/aromatic N) is 1. The summed E-state index contributed by atoms with van der Waals surface area (Å²) in [6.07, 6.45) is -0.644. The number of rotatable bonds is 6. The number of benzene rings is 3. The molecule has 0 heterocycles. The molecule has 0 radical (unpaired) electrons. The van der Waals surface area contributed by atoms with Crippen LogP contribution in [0.2, 0.25) is 0 Å². The van der Waals surface area contributed by atoms with Crippen LogP contribution in [0.1, 0.15) is 22.6 Å². The monoisotopic (exact) mass is 465 g/mol. The fraction of sp³-hybridized carbons (Fsp3) is 0.167. The Labute approximate surface area is 183 Å². The molecule has 0 bridgehead atoms. The van der Waals surface area contributed by atoms with E-state index in [1.165, 1.54) is 4.90 Å². The molecule has 0 saturated carbocycles. The number of carboxylic acid groups (broad SMARTS) is 1. The van der Waals surface area contributed by atoms with Gasteiger partial charge >= 0.3 is 12.1 Å². The standard InChI is InChI=1S/C24H20BrNO4/c25-22-12-6-1-7-16(22)13-26(14-23(27)28)24(29)30-15-21-19-10-4-2-8-17(19)18-9-3-5-11-20(18)21/h1-12,21H,13-15H2,(H,27,28). The summed E-state index contributed by atoms with van der Waals surface area (Å²) >= 11 is 3.44. The van der Waals surface area contributed by atoms with Gasteiger partial charge in [0.15, 0.2) is 0 Å². The van der Waals surface area contributed by atoms with E-state index in [1.807, 2.05) is 60.7 Å². The Kier molecular flexibility index (Phi) is 5.86. The molecule has 0 aromatic heterocycles. The van der Waals surface area contributed by atoms with E-state index in [0.717, 1.165) is 32.3 Å². The molecule has 0 aliphatic heterocycles. The minimum Gasteiger partial charge on any atom is -0.480 e. The number of fused-ring (bicyclic) bond motifs is 3. The van der Waals surface area contributed by atoms with Gasteiger partial charge < -0.3 is 9.84 Å². The summed E-state index contributed by atoms with van der Waals surface area (Å²) in [5.74, 6) is -1.16. The van der Waals surface area contributed by atoms with Gasteiger partial charge in [-0.15, -0.1) is 0 Å². The predicted molar refractivity (Wildman–Crippen MR) is 117 cm³/mol. The average Bonchev–Trinajstić information content (AvgIpc) is 3.06. The second-order valence-electron chi connectivity index (χ2n) is 7.15. The zero-order valence-corrected chi connectivity index (χ0v) is 17.7. The third-order valence-electron chi connectivity index (χ3n) is 5.24. The number of amides is 1. The van der Waals surface area contributed by atoms with Crippen LogP contribution >= 0.6 is 15.9 Å². The fourth-order valence-corrected chi connectivity index (χ4v) is 4.28. The molecule has 1 N–H and O–H groups in total. The number of hydrogen-bond donors (Lipinski definition) is 1. The van der Waals surface area contributed by atoms with Crippen molar-refractivity contribution in [2.75, 3.05) is 13.2 Å². The van der Waals surface area contributed by atoms with Crippen LogP contribution < -0.4 is 0 Å². The van der Waals surface area contributed by atoms with E-state index in [2.05, 4.69) is 28.1 Å². The molecular weight excluding hydrogens is 446 g/mol. The molecule has 0 fully saturated rings. The summed E-state index contributed by atoms with van der Waals surface area (Å²) in [5, 5.41) is 9.26.